The number of rotatable bonds is 7. The summed E-state index contributed by atoms with van der Waals surface area (Å²) in [6.07, 6.45) is 10.9. The Hall–Kier alpha value is -0.590. The molecule has 0 aromatic rings. The highest BCUT2D eigenvalue weighted by atomic mass is 16.1. The summed E-state index contributed by atoms with van der Waals surface area (Å²) in [4.78, 5) is 11.6. The van der Waals surface area contributed by atoms with E-state index in [9.17, 15) is 4.79 Å². The lowest BCUT2D eigenvalue weighted by Gasteiger charge is -2.15. The van der Waals surface area contributed by atoms with Crippen molar-refractivity contribution >= 4 is 5.78 Å². The van der Waals surface area contributed by atoms with Crippen LogP contribution in [0, 0.1) is 5.41 Å². The van der Waals surface area contributed by atoms with Crippen molar-refractivity contribution in [3.05, 3.63) is 12.2 Å². The first-order valence-corrected chi connectivity index (χ1v) is 6.16. The van der Waals surface area contributed by atoms with E-state index in [-0.39, 0.29) is 5.41 Å². The monoisotopic (exact) mass is 210 g/mol. The van der Waals surface area contributed by atoms with Gasteiger partial charge in [0.05, 0.1) is 0 Å². The Balaban J connectivity index is 3.43. The molecule has 0 amide bonds. The molecule has 15 heavy (non-hydrogen) atoms. The smallest absolute Gasteiger partial charge is 0.138 e. The zero-order chi connectivity index (χ0) is 11.7. The molecule has 88 valence electrons. The number of hydrogen-bond acceptors (Lipinski definition) is 1. The van der Waals surface area contributed by atoms with Crippen molar-refractivity contribution < 1.29 is 4.79 Å². The molecule has 0 aromatic carbocycles. The van der Waals surface area contributed by atoms with Crippen molar-refractivity contribution in [1.29, 1.82) is 0 Å². The van der Waals surface area contributed by atoms with E-state index < -0.39 is 0 Å². The predicted octanol–water partition coefficient (Wildman–Crippen LogP) is 4.52. The Morgan fingerprint density at radius 3 is 2.20 bits per heavy atom. The van der Waals surface area contributed by atoms with E-state index in [0.717, 1.165) is 25.7 Å². The number of ketones is 1. The van der Waals surface area contributed by atoms with Gasteiger partial charge >= 0.3 is 0 Å². The third kappa shape index (κ3) is 8.41. The summed E-state index contributed by atoms with van der Waals surface area (Å²) in [5.74, 6) is 0.389. The zero-order valence-electron chi connectivity index (χ0n) is 10.8. The van der Waals surface area contributed by atoms with Crippen LogP contribution in [0.3, 0.4) is 0 Å². The first-order valence-electron chi connectivity index (χ1n) is 6.16. The normalized spacial score (nSPS) is 12.3. The maximum Gasteiger partial charge on any atom is 0.138 e. The van der Waals surface area contributed by atoms with Gasteiger partial charge in [0, 0.05) is 11.8 Å². The molecule has 0 aliphatic rings. The molecule has 0 unspecified atom stereocenters. The highest BCUT2D eigenvalue weighted by molar-refractivity contribution is 5.83. The molecule has 1 nitrogen and oxygen atoms in total. The molecule has 0 aromatic heterocycles. The maximum absolute atomic E-state index is 11.6. The Morgan fingerprint density at radius 2 is 1.67 bits per heavy atom. The molecule has 0 N–H and O–H groups in total. The number of carbonyl (C=O) groups is 1. The molecule has 0 aliphatic carbocycles. The molecule has 0 rings (SSSR count). The highest BCUT2D eigenvalue weighted by Gasteiger charge is 2.19. The average molecular weight is 210 g/mol. The molecule has 0 aliphatic heterocycles. The van der Waals surface area contributed by atoms with E-state index in [1.165, 1.54) is 12.8 Å². The maximum atomic E-state index is 11.6. The van der Waals surface area contributed by atoms with Crippen molar-refractivity contribution in [2.24, 2.45) is 5.41 Å². The van der Waals surface area contributed by atoms with Gasteiger partial charge in [0.1, 0.15) is 5.78 Å². The Bertz CT molecular complexity index is 196. The van der Waals surface area contributed by atoms with Crippen molar-refractivity contribution in [3.63, 3.8) is 0 Å². The molecular weight excluding hydrogens is 184 g/mol. The van der Waals surface area contributed by atoms with Gasteiger partial charge in [-0.1, -0.05) is 46.3 Å². The fraction of sp³-hybridized carbons (Fsp3) is 0.786. The summed E-state index contributed by atoms with van der Waals surface area (Å²) in [6, 6.07) is 0. The minimum atomic E-state index is -0.155. The van der Waals surface area contributed by atoms with Gasteiger partial charge in [0.15, 0.2) is 0 Å². The fourth-order valence-electron chi connectivity index (χ4n) is 1.33. The minimum Gasteiger partial charge on any atom is -0.299 e. The third-order valence-electron chi connectivity index (χ3n) is 2.48. The molecule has 0 atom stereocenters. The zero-order valence-corrected chi connectivity index (χ0v) is 10.8. The first kappa shape index (κ1) is 14.4. The van der Waals surface area contributed by atoms with Crippen LogP contribution in [0.25, 0.3) is 0 Å². The van der Waals surface area contributed by atoms with Gasteiger partial charge in [-0.2, -0.15) is 0 Å². The number of carbonyl (C=O) groups excluding carboxylic acids is 1. The summed E-state index contributed by atoms with van der Waals surface area (Å²) >= 11 is 0. The Morgan fingerprint density at radius 1 is 1.07 bits per heavy atom. The molecule has 0 fully saturated rings. The predicted molar refractivity (Wildman–Crippen MR) is 67.0 cm³/mol. The van der Waals surface area contributed by atoms with Gasteiger partial charge in [-0.25, -0.2) is 0 Å². The van der Waals surface area contributed by atoms with E-state index in [4.69, 9.17) is 0 Å². The Labute approximate surface area is 95.0 Å². The summed E-state index contributed by atoms with van der Waals surface area (Å²) < 4.78 is 0. The quantitative estimate of drug-likeness (QED) is 0.446. The molecule has 1 heteroatoms. The van der Waals surface area contributed by atoms with Crippen LogP contribution in [0.15, 0.2) is 12.2 Å². The summed E-state index contributed by atoms with van der Waals surface area (Å²) in [7, 11) is 0. The van der Waals surface area contributed by atoms with Crippen molar-refractivity contribution in [2.75, 3.05) is 0 Å². The van der Waals surface area contributed by atoms with Crippen LogP contribution in [0.5, 0.6) is 0 Å². The lowest BCUT2D eigenvalue weighted by molar-refractivity contribution is -0.126. The number of unbranched alkanes of at least 4 members (excludes halogenated alkanes) is 3. The molecule has 0 heterocycles. The number of allylic oxidation sites excluding steroid dienone is 2. The fourth-order valence-corrected chi connectivity index (χ4v) is 1.33. The van der Waals surface area contributed by atoms with Gasteiger partial charge in [0.2, 0.25) is 0 Å². The summed E-state index contributed by atoms with van der Waals surface area (Å²) in [5.41, 5.74) is -0.155. The van der Waals surface area contributed by atoms with Gasteiger partial charge in [-0.15, -0.1) is 0 Å². The van der Waals surface area contributed by atoms with E-state index >= 15 is 0 Å². The summed E-state index contributed by atoms with van der Waals surface area (Å²) in [6.45, 7) is 8.18. The van der Waals surface area contributed by atoms with E-state index in [1.807, 2.05) is 20.8 Å². The highest BCUT2D eigenvalue weighted by Crippen LogP contribution is 2.18. The molecule has 0 saturated heterocycles. The van der Waals surface area contributed by atoms with Gasteiger partial charge in [0.25, 0.3) is 0 Å². The number of Topliss-reactive ketones (excluding diaryl/α,β-unsaturated/α-hetero) is 1. The van der Waals surface area contributed by atoms with E-state index in [2.05, 4.69) is 19.1 Å². The second-order valence-corrected chi connectivity index (χ2v) is 5.18. The van der Waals surface area contributed by atoms with Crippen molar-refractivity contribution in [1.82, 2.24) is 0 Å². The standard InChI is InChI=1S/C14H26O/c1-5-6-7-8-9-10-11-12-13(15)14(2,3)4/h7-8H,5-6,9-12H2,1-4H3/b8-7+. The van der Waals surface area contributed by atoms with Crippen LogP contribution in [0.1, 0.15) is 66.2 Å². The van der Waals surface area contributed by atoms with Gasteiger partial charge < -0.3 is 0 Å². The lowest BCUT2D eigenvalue weighted by Crippen LogP contribution is -2.19. The van der Waals surface area contributed by atoms with Crippen LogP contribution < -0.4 is 0 Å². The molecule has 0 bridgehead atoms. The van der Waals surface area contributed by atoms with Crippen molar-refractivity contribution in [2.45, 2.75) is 66.2 Å². The van der Waals surface area contributed by atoms with Crippen LogP contribution in [0.4, 0.5) is 0 Å². The molecular formula is C14H26O. The second-order valence-electron chi connectivity index (χ2n) is 5.18. The van der Waals surface area contributed by atoms with Crippen LogP contribution in [-0.4, -0.2) is 5.78 Å². The van der Waals surface area contributed by atoms with Crippen LogP contribution in [-0.2, 0) is 4.79 Å². The molecule has 0 spiro atoms. The van der Waals surface area contributed by atoms with E-state index in [0.29, 0.717) is 5.78 Å². The van der Waals surface area contributed by atoms with E-state index in [1.54, 1.807) is 0 Å². The molecule has 0 saturated carbocycles. The lowest BCUT2D eigenvalue weighted by atomic mass is 9.88. The first-order chi connectivity index (χ1) is 6.98. The van der Waals surface area contributed by atoms with Crippen molar-refractivity contribution in [3.8, 4) is 0 Å². The Kier molecular flexibility index (Phi) is 7.37. The van der Waals surface area contributed by atoms with Crippen LogP contribution in [0.2, 0.25) is 0 Å². The molecule has 0 radical (unpaired) electrons. The minimum absolute atomic E-state index is 0.155. The average Bonchev–Trinajstić information content (AvgIpc) is 2.14. The SMILES string of the molecule is CCC/C=C/CCCCC(=O)C(C)(C)C. The van der Waals surface area contributed by atoms with Gasteiger partial charge in [-0.05, 0) is 25.7 Å². The largest absolute Gasteiger partial charge is 0.299 e. The number of hydrogen-bond donors (Lipinski definition) is 0. The third-order valence-corrected chi connectivity index (χ3v) is 2.48. The van der Waals surface area contributed by atoms with Gasteiger partial charge in [-0.3, -0.25) is 4.79 Å². The van der Waals surface area contributed by atoms with Crippen LogP contribution >= 0.6 is 0 Å². The topological polar surface area (TPSA) is 17.1 Å². The summed E-state index contributed by atoms with van der Waals surface area (Å²) in [5, 5.41) is 0. The second kappa shape index (κ2) is 7.67.